The van der Waals surface area contributed by atoms with Crippen LogP contribution in [0.2, 0.25) is 0 Å². The molecule has 2 aromatic carbocycles. The first-order valence-electron chi connectivity index (χ1n) is 9.55. The Morgan fingerprint density at radius 2 is 1.77 bits per heavy atom. The predicted octanol–water partition coefficient (Wildman–Crippen LogP) is 2.98. The molecular formula is C21H27N3O5S. The van der Waals surface area contributed by atoms with Crippen molar-refractivity contribution in [3.63, 3.8) is 0 Å². The molecule has 0 heterocycles. The van der Waals surface area contributed by atoms with Crippen LogP contribution in [0.3, 0.4) is 0 Å². The second-order valence-corrected chi connectivity index (χ2v) is 8.43. The molecule has 0 saturated heterocycles. The van der Waals surface area contributed by atoms with E-state index in [-0.39, 0.29) is 28.8 Å². The summed E-state index contributed by atoms with van der Waals surface area (Å²) in [7, 11) is -2.23. The normalized spacial score (nSPS) is 11.2. The first kappa shape index (κ1) is 23.4. The van der Waals surface area contributed by atoms with Gasteiger partial charge in [0.05, 0.1) is 24.2 Å². The number of ether oxygens (including phenoxy) is 1. The molecule has 8 nitrogen and oxygen atoms in total. The summed E-state index contributed by atoms with van der Waals surface area (Å²) in [5.41, 5.74) is 1.43. The van der Waals surface area contributed by atoms with Crippen LogP contribution >= 0.6 is 0 Å². The Bertz CT molecular complexity index is 1020. The largest absolute Gasteiger partial charge is 0.495 e. The minimum absolute atomic E-state index is 0.0703. The van der Waals surface area contributed by atoms with E-state index >= 15 is 0 Å². The van der Waals surface area contributed by atoms with Crippen molar-refractivity contribution in [2.45, 2.75) is 25.7 Å². The number of Topliss-reactive ketones (excluding diaryl/α,β-unsaturated/α-hetero) is 1. The molecule has 0 aliphatic carbocycles. The highest BCUT2D eigenvalue weighted by Crippen LogP contribution is 2.29. The predicted molar refractivity (Wildman–Crippen MR) is 117 cm³/mol. The van der Waals surface area contributed by atoms with Gasteiger partial charge in [-0.3, -0.25) is 9.59 Å². The zero-order chi connectivity index (χ0) is 22.3. The van der Waals surface area contributed by atoms with Crippen LogP contribution in [-0.4, -0.2) is 51.2 Å². The lowest BCUT2D eigenvalue weighted by Crippen LogP contribution is -2.30. The van der Waals surface area contributed by atoms with Gasteiger partial charge in [-0.15, -0.1) is 0 Å². The van der Waals surface area contributed by atoms with Crippen molar-refractivity contribution in [2.24, 2.45) is 0 Å². The number of anilines is 2. The summed E-state index contributed by atoms with van der Waals surface area (Å²) >= 11 is 0. The number of nitrogens with one attached hydrogen (secondary N) is 2. The van der Waals surface area contributed by atoms with Crippen LogP contribution < -0.4 is 15.4 Å². The fourth-order valence-corrected chi connectivity index (χ4v) is 4.37. The Labute approximate surface area is 177 Å². The molecule has 0 aromatic heterocycles. The molecule has 1 amide bonds. The van der Waals surface area contributed by atoms with Crippen LogP contribution in [0.1, 0.15) is 31.1 Å². The lowest BCUT2D eigenvalue weighted by Gasteiger charge is -2.19. The topological polar surface area (TPSA) is 105 Å². The second-order valence-electron chi connectivity index (χ2n) is 6.49. The minimum atomic E-state index is -3.67. The number of nitrogens with zero attached hydrogens (tertiary/aromatic N) is 1. The number of ketones is 1. The van der Waals surface area contributed by atoms with Crippen molar-refractivity contribution < 1.29 is 22.7 Å². The van der Waals surface area contributed by atoms with E-state index in [1.807, 2.05) is 0 Å². The van der Waals surface area contributed by atoms with Crippen molar-refractivity contribution in [3.8, 4) is 5.75 Å². The molecule has 0 atom stereocenters. The molecule has 2 rings (SSSR count). The third-order valence-electron chi connectivity index (χ3n) is 4.51. The Hall–Kier alpha value is -2.91. The Kier molecular flexibility index (Phi) is 7.96. The van der Waals surface area contributed by atoms with Gasteiger partial charge in [-0.2, -0.15) is 4.31 Å². The van der Waals surface area contributed by atoms with Crippen LogP contribution in [0, 0.1) is 0 Å². The first-order chi connectivity index (χ1) is 14.2. The van der Waals surface area contributed by atoms with Gasteiger partial charge in [0.25, 0.3) is 0 Å². The highest BCUT2D eigenvalue weighted by Gasteiger charge is 2.23. The third kappa shape index (κ3) is 5.58. The van der Waals surface area contributed by atoms with Gasteiger partial charge in [-0.1, -0.05) is 26.0 Å². The summed E-state index contributed by atoms with van der Waals surface area (Å²) < 4.78 is 32.1. The average molecular weight is 434 g/mol. The number of carbonyl (C=O) groups excluding carboxylic acids is 2. The van der Waals surface area contributed by atoms with E-state index in [0.29, 0.717) is 30.1 Å². The SMILES string of the molecule is CCN(CC)S(=O)(=O)c1ccc(OC)c(NC(=O)CNc2cccc(C(C)=O)c2)c1. The smallest absolute Gasteiger partial charge is 0.243 e. The first-order valence-corrected chi connectivity index (χ1v) is 11.0. The standard InChI is InChI=1S/C21H27N3O5S/c1-5-24(6-2)30(27,28)18-10-11-20(29-4)19(13-18)23-21(26)14-22-17-9-7-8-16(12-17)15(3)25/h7-13,22H,5-6,14H2,1-4H3,(H,23,26). The second kappa shape index (κ2) is 10.2. The van der Waals surface area contributed by atoms with E-state index in [4.69, 9.17) is 4.74 Å². The zero-order valence-corrected chi connectivity index (χ0v) is 18.4. The third-order valence-corrected chi connectivity index (χ3v) is 6.56. The molecule has 0 radical (unpaired) electrons. The molecule has 30 heavy (non-hydrogen) atoms. The van der Waals surface area contributed by atoms with Crippen LogP contribution in [0.25, 0.3) is 0 Å². The van der Waals surface area contributed by atoms with Crippen LogP contribution in [0.15, 0.2) is 47.4 Å². The summed E-state index contributed by atoms with van der Waals surface area (Å²) in [4.78, 5) is 24.0. The van der Waals surface area contributed by atoms with E-state index in [1.54, 1.807) is 38.1 Å². The Morgan fingerprint density at radius 1 is 1.07 bits per heavy atom. The highest BCUT2D eigenvalue weighted by molar-refractivity contribution is 7.89. The van der Waals surface area contributed by atoms with Gasteiger partial charge < -0.3 is 15.4 Å². The molecule has 0 aliphatic rings. The quantitative estimate of drug-likeness (QED) is 0.558. The highest BCUT2D eigenvalue weighted by atomic mass is 32.2. The van der Waals surface area contributed by atoms with Gasteiger partial charge in [0.2, 0.25) is 15.9 Å². The molecule has 0 unspecified atom stereocenters. The number of methoxy groups -OCH3 is 1. The number of hydrogen-bond donors (Lipinski definition) is 2. The molecule has 0 spiro atoms. The molecule has 2 N–H and O–H groups in total. The number of sulfonamides is 1. The summed E-state index contributed by atoms with van der Waals surface area (Å²) in [5.74, 6) is -0.113. The van der Waals surface area contributed by atoms with Crippen LogP contribution in [-0.2, 0) is 14.8 Å². The minimum Gasteiger partial charge on any atom is -0.495 e. The van der Waals surface area contributed by atoms with E-state index < -0.39 is 10.0 Å². The lowest BCUT2D eigenvalue weighted by molar-refractivity contribution is -0.114. The van der Waals surface area contributed by atoms with Crippen molar-refractivity contribution in [1.82, 2.24) is 4.31 Å². The van der Waals surface area contributed by atoms with Crippen molar-refractivity contribution >= 4 is 33.1 Å². The van der Waals surface area contributed by atoms with E-state index in [1.165, 1.54) is 36.5 Å². The number of carbonyl (C=O) groups is 2. The van der Waals surface area contributed by atoms with Crippen LogP contribution in [0.4, 0.5) is 11.4 Å². The lowest BCUT2D eigenvalue weighted by atomic mass is 10.1. The molecule has 162 valence electrons. The number of benzene rings is 2. The molecular weight excluding hydrogens is 406 g/mol. The van der Waals surface area contributed by atoms with Gasteiger partial charge in [-0.05, 0) is 37.3 Å². The van der Waals surface area contributed by atoms with Gasteiger partial charge in [0, 0.05) is 24.3 Å². The van der Waals surface area contributed by atoms with E-state index in [2.05, 4.69) is 10.6 Å². The molecule has 0 aliphatic heterocycles. The summed E-state index contributed by atoms with van der Waals surface area (Å²) in [6.07, 6.45) is 0. The molecule has 0 bridgehead atoms. The van der Waals surface area contributed by atoms with Crippen molar-refractivity contribution in [3.05, 3.63) is 48.0 Å². The molecule has 2 aromatic rings. The van der Waals surface area contributed by atoms with Gasteiger partial charge >= 0.3 is 0 Å². The Morgan fingerprint density at radius 3 is 2.37 bits per heavy atom. The fourth-order valence-electron chi connectivity index (χ4n) is 2.88. The van der Waals surface area contributed by atoms with Crippen molar-refractivity contribution in [1.29, 1.82) is 0 Å². The summed E-state index contributed by atoms with van der Waals surface area (Å²) in [6.45, 7) is 5.61. The molecule has 9 heteroatoms. The number of hydrogen-bond acceptors (Lipinski definition) is 6. The van der Waals surface area contributed by atoms with Crippen LogP contribution in [0.5, 0.6) is 5.75 Å². The average Bonchev–Trinajstić information content (AvgIpc) is 2.73. The molecule has 0 fully saturated rings. The summed E-state index contributed by atoms with van der Waals surface area (Å²) in [5, 5.41) is 5.63. The Balaban J connectivity index is 2.17. The fraction of sp³-hybridized carbons (Fsp3) is 0.333. The van der Waals surface area contributed by atoms with Crippen molar-refractivity contribution in [2.75, 3.05) is 37.4 Å². The maximum Gasteiger partial charge on any atom is 0.243 e. The van der Waals surface area contributed by atoms with E-state index in [0.717, 1.165) is 0 Å². The monoisotopic (exact) mass is 433 g/mol. The van der Waals surface area contributed by atoms with Gasteiger partial charge in [0.1, 0.15) is 5.75 Å². The van der Waals surface area contributed by atoms with Gasteiger partial charge in [-0.25, -0.2) is 8.42 Å². The molecule has 0 saturated carbocycles. The number of rotatable bonds is 10. The zero-order valence-electron chi connectivity index (χ0n) is 17.6. The van der Waals surface area contributed by atoms with E-state index in [9.17, 15) is 18.0 Å². The number of amides is 1. The van der Waals surface area contributed by atoms with Gasteiger partial charge in [0.15, 0.2) is 5.78 Å². The maximum atomic E-state index is 12.8. The maximum absolute atomic E-state index is 12.8. The summed E-state index contributed by atoms with van der Waals surface area (Å²) in [6, 6.07) is 11.2.